The van der Waals surface area contributed by atoms with Crippen LogP contribution in [0.5, 0.6) is 0 Å². The van der Waals surface area contributed by atoms with Crippen LogP contribution in [0.15, 0.2) is 36.7 Å². The molecule has 12 heteroatoms. The van der Waals surface area contributed by atoms with E-state index in [4.69, 9.17) is 11.5 Å². The van der Waals surface area contributed by atoms with Gasteiger partial charge < -0.3 is 16.4 Å². The summed E-state index contributed by atoms with van der Waals surface area (Å²) < 4.78 is 42.7. The van der Waals surface area contributed by atoms with Crippen LogP contribution >= 0.6 is 0 Å². The smallest absolute Gasteiger partial charge is 0.383 e. The Kier molecular flexibility index (Phi) is 7.99. The maximum atomic E-state index is 13.2. The number of hydrogen-bond acceptors (Lipinski definition) is 5. The SMILES string of the molecule is CC#CC(=O)N1CCCC(n2nc(-c3cnn(C(C)c4cccc(C(F)(F)F)c4)c3)c(C(N)=O)c2N)CCC1. The number of primary amides is 1. The molecule has 1 fully saturated rings. The number of nitrogen functional groups attached to an aromatic ring is 1. The van der Waals surface area contributed by atoms with Crippen LogP contribution in [-0.4, -0.2) is 49.4 Å². The first-order valence-corrected chi connectivity index (χ1v) is 12.6. The fourth-order valence-electron chi connectivity index (χ4n) is 4.90. The summed E-state index contributed by atoms with van der Waals surface area (Å²) in [6.07, 6.45) is 1.40. The molecular formula is C27H30F3N7O2. The molecule has 1 unspecified atom stereocenters. The van der Waals surface area contributed by atoms with E-state index in [1.54, 1.807) is 35.7 Å². The molecule has 1 atom stereocenters. The largest absolute Gasteiger partial charge is 0.416 e. The molecule has 206 valence electrons. The van der Waals surface area contributed by atoms with Crippen molar-refractivity contribution in [1.82, 2.24) is 24.5 Å². The van der Waals surface area contributed by atoms with E-state index in [1.165, 1.54) is 16.9 Å². The van der Waals surface area contributed by atoms with Gasteiger partial charge in [0.05, 0.1) is 23.8 Å². The lowest BCUT2D eigenvalue weighted by atomic mass is 10.0. The Hall–Kier alpha value is -4.27. The molecule has 2 amide bonds. The second-order valence-corrected chi connectivity index (χ2v) is 9.53. The predicted molar refractivity (Wildman–Crippen MR) is 139 cm³/mol. The van der Waals surface area contributed by atoms with Crippen LogP contribution in [0.2, 0.25) is 0 Å². The molecule has 0 radical (unpaired) electrons. The van der Waals surface area contributed by atoms with Crippen LogP contribution in [0.3, 0.4) is 0 Å². The molecule has 0 bridgehead atoms. The Labute approximate surface area is 223 Å². The molecule has 0 spiro atoms. The van der Waals surface area contributed by atoms with E-state index >= 15 is 0 Å². The molecule has 2 aromatic heterocycles. The van der Waals surface area contributed by atoms with Crippen LogP contribution in [0, 0.1) is 11.8 Å². The van der Waals surface area contributed by atoms with Gasteiger partial charge >= 0.3 is 6.18 Å². The van der Waals surface area contributed by atoms with Gasteiger partial charge in [-0.3, -0.25) is 14.3 Å². The van der Waals surface area contributed by atoms with E-state index < -0.39 is 23.7 Å². The molecule has 4 rings (SSSR count). The van der Waals surface area contributed by atoms with Gasteiger partial charge in [-0.2, -0.15) is 23.4 Å². The molecular weight excluding hydrogens is 511 g/mol. The summed E-state index contributed by atoms with van der Waals surface area (Å²) in [5.41, 5.74) is 12.5. The lowest BCUT2D eigenvalue weighted by Gasteiger charge is -2.27. The highest BCUT2D eigenvalue weighted by Crippen LogP contribution is 2.34. The lowest BCUT2D eigenvalue weighted by molar-refractivity contribution is -0.137. The van der Waals surface area contributed by atoms with Crippen molar-refractivity contribution in [2.24, 2.45) is 5.73 Å². The van der Waals surface area contributed by atoms with Gasteiger partial charge in [0.2, 0.25) is 0 Å². The highest BCUT2D eigenvalue weighted by molar-refractivity contribution is 6.03. The maximum Gasteiger partial charge on any atom is 0.416 e. The molecule has 0 aliphatic carbocycles. The minimum Gasteiger partial charge on any atom is -0.383 e. The van der Waals surface area contributed by atoms with Crippen molar-refractivity contribution in [1.29, 1.82) is 0 Å². The number of anilines is 1. The summed E-state index contributed by atoms with van der Waals surface area (Å²) >= 11 is 0. The van der Waals surface area contributed by atoms with Crippen LogP contribution in [0.1, 0.15) is 73.1 Å². The van der Waals surface area contributed by atoms with Gasteiger partial charge in [0.15, 0.2) is 0 Å². The monoisotopic (exact) mass is 541 g/mol. The van der Waals surface area contributed by atoms with Crippen molar-refractivity contribution >= 4 is 17.6 Å². The van der Waals surface area contributed by atoms with Crippen LogP contribution < -0.4 is 11.5 Å². The number of aromatic nitrogens is 4. The van der Waals surface area contributed by atoms with E-state index in [0.29, 0.717) is 49.9 Å². The first-order chi connectivity index (χ1) is 18.5. The van der Waals surface area contributed by atoms with Gasteiger partial charge in [0.1, 0.15) is 17.1 Å². The van der Waals surface area contributed by atoms with Crippen molar-refractivity contribution in [3.05, 3.63) is 53.3 Å². The lowest BCUT2D eigenvalue weighted by Crippen LogP contribution is -2.34. The zero-order chi connectivity index (χ0) is 28.3. The van der Waals surface area contributed by atoms with Crippen LogP contribution in [-0.2, 0) is 11.0 Å². The molecule has 0 saturated carbocycles. The fourth-order valence-corrected chi connectivity index (χ4v) is 4.90. The van der Waals surface area contributed by atoms with Gasteiger partial charge in [-0.25, -0.2) is 4.68 Å². The third kappa shape index (κ3) is 5.92. The molecule has 1 aromatic carbocycles. The standard InChI is InChI=1S/C27H30F3N7O2/c1-3-7-22(38)35-12-5-10-21(11-6-13-35)37-25(31)23(26(32)39)24(34-37)19-15-33-36(16-19)17(2)18-8-4-9-20(14-18)27(28,29)30/h4,8-9,14-17,21H,5-6,10-13,31H2,1-2H3,(H2,32,39). The number of hydrogen-bond donors (Lipinski definition) is 2. The van der Waals surface area contributed by atoms with Gasteiger partial charge in [0, 0.05) is 24.8 Å². The third-order valence-corrected chi connectivity index (χ3v) is 6.96. The average molecular weight is 542 g/mol. The summed E-state index contributed by atoms with van der Waals surface area (Å²) in [7, 11) is 0. The molecule has 4 N–H and O–H groups in total. The number of rotatable bonds is 5. The number of nitrogens with two attached hydrogens (primary N) is 2. The van der Waals surface area contributed by atoms with Crippen molar-refractivity contribution in [3.63, 3.8) is 0 Å². The quantitative estimate of drug-likeness (QED) is 0.472. The summed E-state index contributed by atoms with van der Waals surface area (Å²) in [6.45, 7) is 4.47. The number of amides is 2. The zero-order valence-corrected chi connectivity index (χ0v) is 21.7. The molecule has 3 heterocycles. The van der Waals surface area contributed by atoms with Crippen LogP contribution in [0.4, 0.5) is 19.0 Å². The van der Waals surface area contributed by atoms with Gasteiger partial charge in [-0.15, -0.1) is 0 Å². The highest BCUT2D eigenvalue weighted by Gasteiger charge is 2.31. The summed E-state index contributed by atoms with van der Waals surface area (Å²) in [5, 5.41) is 8.98. The number of likely N-dealkylation sites (tertiary alicyclic amines) is 1. The van der Waals surface area contributed by atoms with Crippen molar-refractivity contribution in [2.75, 3.05) is 18.8 Å². The molecule has 1 saturated heterocycles. The summed E-state index contributed by atoms with van der Waals surface area (Å²) in [5.74, 6) is 4.43. The zero-order valence-electron chi connectivity index (χ0n) is 21.7. The number of nitrogens with zero attached hydrogens (tertiary/aromatic N) is 5. The number of halogens is 3. The van der Waals surface area contributed by atoms with Crippen molar-refractivity contribution < 1.29 is 22.8 Å². The Morgan fingerprint density at radius 1 is 1.18 bits per heavy atom. The molecule has 1 aliphatic rings. The molecule has 39 heavy (non-hydrogen) atoms. The van der Waals surface area contributed by atoms with E-state index in [1.807, 2.05) is 0 Å². The first kappa shape index (κ1) is 27.8. The summed E-state index contributed by atoms with van der Waals surface area (Å²) in [6, 6.07) is 4.43. The van der Waals surface area contributed by atoms with E-state index in [2.05, 4.69) is 22.0 Å². The third-order valence-electron chi connectivity index (χ3n) is 6.96. The predicted octanol–water partition coefficient (Wildman–Crippen LogP) is 4.02. The summed E-state index contributed by atoms with van der Waals surface area (Å²) in [4.78, 5) is 26.3. The highest BCUT2D eigenvalue weighted by atomic mass is 19.4. The minimum atomic E-state index is -4.46. The second kappa shape index (κ2) is 11.2. The van der Waals surface area contributed by atoms with Crippen LogP contribution in [0.25, 0.3) is 11.3 Å². The molecule has 3 aromatic rings. The molecule has 9 nitrogen and oxygen atoms in total. The Bertz CT molecular complexity index is 1420. The maximum absolute atomic E-state index is 13.2. The first-order valence-electron chi connectivity index (χ1n) is 12.6. The Morgan fingerprint density at radius 2 is 1.87 bits per heavy atom. The number of benzene rings is 1. The fraction of sp³-hybridized carbons (Fsp3) is 0.407. The van der Waals surface area contributed by atoms with Gasteiger partial charge in [0.25, 0.3) is 11.8 Å². The Balaban J connectivity index is 1.60. The second-order valence-electron chi connectivity index (χ2n) is 9.53. The number of alkyl halides is 3. The van der Waals surface area contributed by atoms with Gasteiger partial charge in [-0.05, 0) is 63.1 Å². The normalized spacial score (nSPS) is 15.7. The van der Waals surface area contributed by atoms with Crippen molar-refractivity contribution in [2.45, 2.75) is 57.8 Å². The number of carbonyl (C=O) groups excluding carboxylic acids is 2. The van der Waals surface area contributed by atoms with Gasteiger partial charge in [-0.1, -0.05) is 18.1 Å². The Morgan fingerprint density at radius 3 is 2.49 bits per heavy atom. The minimum absolute atomic E-state index is 0.0679. The number of carbonyl (C=O) groups is 2. The molecule has 1 aliphatic heterocycles. The average Bonchev–Trinajstić information content (AvgIpc) is 3.48. The topological polar surface area (TPSA) is 125 Å². The van der Waals surface area contributed by atoms with Crippen molar-refractivity contribution in [3.8, 4) is 23.1 Å². The van der Waals surface area contributed by atoms with E-state index in [-0.39, 0.29) is 29.0 Å². The van der Waals surface area contributed by atoms with E-state index in [9.17, 15) is 22.8 Å². The van der Waals surface area contributed by atoms with E-state index in [0.717, 1.165) is 12.1 Å².